The van der Waals surface area contributed by atoms with E-state index in [-0.39, 0.29) is 28.3 Å². The summed E-state index contributed by atoms with van der Waals surface area (Å²) in [4.78, 5) is 22.2. The Bertz CT molecular complexity index is 477. The van der Waals surface area contributed by atoms with Crippen molar-refractivity contribution in [2.75, 3.05) is 6.61 Å². The number of esters is 1. The van der Waals surface area contributed by atoms with Crippen molar-refractivity contribution in [1.82, 2.24) is 0 Å². The van der Waals surface area contributed by atoms with Crippen LogP contribution in [0.15, 0.2) is 12.1 Å². The van der Waals surface area contributed by atoms with E-state index in [1.54, 1.807) is 6.92 Å². The van der Waals surface area contributed by atoms with Gasteiger partial charge in [0.2, 0.25) is 0 Å². The highest BCUT2D eigenvalue weighted by Crippen LogP contribution is 2.21. The summed E-state index contributed by atoms with van der Waals surface area (Å²) < 4.78 is 4.76. The number of carbonyl (C=O) groups excluding carboxylic acids is 2. The Morgan fingerprint density at radius 2 is 2.31 bits per heavy atom. The maximum absolute atomic E-state index is 11.5. The Morgan fingerprint density at radius 1 is 1.62 bits per heavy atom. The lowest BCUT2D eigenvalue weighted by atomic mass is 10.1. The summed E-state index contributed by atoms with van der Waals surface area (Å²) in [5.41, 5.74) is 0.317. The van der Waals surface area contributed by atoms with Gasteiger partial charge in [0.25, 0.3) is 0 Å². The molecule has 0 aliphatic rings. The Balaban J connectivity index is 3.29. The molecule has 0 aliphatic heterocycles. The van der Waals surface area contributed by atoms with E-state index in [0.717, 1.165) is 0 Å². The minimum atomic E-state index is -0.629. The number of benzene rings is 1. The maximum Gasteiger partial charge on any atom is 0.338 e. The third-order valence-corrected chi connectivity index (χ3v) is 2.19. The van der Waals surface area contributed by atoms with E-state index in [1.165, 1.54) is 12.1 Å². The first-order valence-electron chi connectivity index (χ1n) is 4.50. The molecule has 0 saturated heterocycles. The maximum atomic E-state index is 11.5. The van der Waals surface area contributed by atoms with Crippen LogP contribution in [0, 0.1) is 11.3 Å². The van der Waals surface area contributed by atoms with Gasteiger partial charge in [-0.1, -0.05) is 11.6 Å². The van der Waals surface area contributed by atoms with E-state index in [0.29, 0.717) is 6.29 Å². The Morgan fingerprint density at radius 3 is 2.81 bits per heavy atom. The van der Waals surface area contributed by atoms with Gasteiger partial charge in [0.1, 0.15) is 6.07 Å². The molecule has 82 valence electrons. The predicted molar refractivity (Wildman–Crippen MR) is 57.5 cm³/mol. The van der Waals surface area contributed by atoms with Crippen LogP contribution in [-0.2, 0) is 4.74 Å². The second-order valence-electron chi connectivity index (χ2n) is 2.87. The second kappa shape index (κ2) is 5.29. The highest BCUT2D eigenvalue weighted by atomic mass is 35.5. The summed E-state index contributed by atoms with van der Waals surface area (Å²) in [6.45, 7) is 1.86. The summed E-state index contributed by atoms with van der Waals surface area (Å²) >= 11 is 5.76. The molecule has 4 nitrogen and oxygen atoms in total. The minimum Gasteiger partial charge on any atom is -0.462 e. The molecule has 0 fully saturated rings. The van der Waals surface area contributed by atoms with E-state index in [1.807, 2.05) is 6.07 Å². The number of hydrogen-bond acceptors (Lipinski definition) is 4. The molecule has 0 N–H and O–H groups in total. The van der Waals surface area contributed by atoms with Crippen LogP contribution in [0.2, 0.25) is 5.02 Å². The van der Waals surface area contributed by atoms with E-state index >= 15 is 0 Å². The zero-order valence-electron chi connectivity index (χ0n) is 8.49. The SMILES string of the molecule is CCOC(=O)c1cc(Cl)c(C#N)cc1C=O. The molecular weight excluding hydrogens is 230 g/mol. The van der Waals surface area contributed by atoms with Gasteiger partial charge >= 0.3 is 5.97 Å². The fraction of sp³-hybridized carbons (Fsp3) is 0.182. The van der Waals surface area contributed by atoms with Crippen molar-refractivity contribution < 1.29 is 14.3 Å². The van der Waals surface area contributed by atoms with Gasteiger partial charge in [-0.05, 0) is 19.1 Å². The van der Waals surface area contributed by atoms with Crippen molar-refractivity contribution >= 4 is 23.9 Å². The van der Waals surface area contributed by atoms with Crippen LogP contribution < -0.4 is 0 Å². The van der Waals surface area contributed by atoms with Crippen LogP contribution in [0.5, 0.6) is 0 Å². The van der Waals surface area contributed by atoms with Gasteiger partial charge in [-0.15, -0.1) is 0 Å². The molecule has 0 aliphatic carbocycles. The van der Waals surface area contributed by atoms with Crippen LogP contribution >= 0.6 is 11.6 Å². The van der Waals surface area contributed by atoms with E-state index in [2.05, 4.69) is 0 Å². The van der Waals surface area contributed by atoms with E-state index in [4.69, 9.17) is 21.6 Å². The van der Waals surface area contributed by atoms with Crippen molar-refractivity contribution in [3.8, 4) is 6.07 Å². The highest BCUT2D eigenvalue weighted by molar-refractivity contribution is 6.32. The molecule has 0 heterocycles. The summed E-state index contributed by atoms with van der Waals surface area (Å²) in [7, 11) is 0. The van der Waals surface area contributed by atoms with Crippen LogP contribution in [0.4, 0.5) is 0 Å². The second-order valence-corrected chi connectivity index (χ2v) is 3.28. The Labute approximate surface area is 97.4 Å². The lowest BCUT2D eigenvalue weighted by Crippen LogP contribution is -2.08. The molecule has 0 unspecified atom stereocenters. The number of nitrogens with zero attached hydrogens (tertiary/aromatic N) is 1. The smallest absolute Gasteiger partial charge is 0.338 e. The number of nitriles is 1. The molecule has 0 amide bonds. The molecule has 1 rings (SSSR count). The quantitative estimate of drug-likeness (QED) is 0.597. The van der Waals surface area contributed by atoms with Gasteiger partial charge in [-0.25, -0.2) is 4.79 Å². The van der Waals surface area contributed by atoms with Crippen molar-refractivity contribution in [3.05, 3.63) is 33.8 Å². The summed E-state index contributed by atoms with van der Waals surface area (Å²) in [6, 6.07) is 4.36. The van der Waals surface area contributed by atoms with Gasteiger partial charge in [0, 0.05) is 5.56 Å². The van der Waals surface area contributed by atoms with Gasteiger partial charge in [0.05, 0.1) is 22.8 Å². The zero-order chi connectivity index (χ0) is 12.1. The first-order valence-corrected chi connectivity index (χ1v) is 4.87. The van der Waals surface area contributed by atoms with Gasteiger partial charge < -0.3 is 4.74 Å². The topological polar surface area (TPSA) is 67.2 Å². The van der Waals surface area contributed by atoms with Crippen molar-refractivity contribution in [2.45, 2.75) is 6.92 Å². The third-order valence-electron chi connectivity index (χ3n) is 1.88. The molecule has 1 aromatic rings. The standard InChI is InChI=1S/C11H8ClNO3/c1-2-16-11(15)9-4-10(12)7(5-13)3-8(9)6-14/h3-4,6H,2H2,1H3. The number of rotatable bonds is 3. The largest absolute Gasteiger partial charge is 0.462 e. The van der Waals surface area contributed by atoms with Gasteiger partial charge in [-0.3, -0.25) is 4.79 Å². The van der Waals surface area contributed by atoms with Crippen LogP contribution in [0.3, 0.4) is 0 Å². The van der Waals surface area contributed by atoms with Crippen LogP contribution in [-0.4, -0.2) is 18.9 Å². The number of ether oxygens (including phenoxy) is 1. The Kier molecular flexibility index (Phi) is 4.03. The predicted octanol–water partition coefficient (Wildman–Crippen LogP) is 2.20. The molecule has 5 heteroatoms. The fourth-order valence-corrected chi connectivity index (χ4v) is 1.36. The summed E-state index contributed by atoms with van der Waals surface area (Å²) in [5.74, 6) is -0.629. The molecule has 0 atom stereocenters. The van der Waals surface area contributed by atoms with Crippen LogP contribution in [0.1, 0.15) is 33.2 Å². The number of aldehydes is 1. The molecule has 0 bridgehead atoms. The average molecular weight is 238 g/mol. The van der Waals surface area contributed by atoms with Crippen molar-refractivity contribution in [3.63, 3.8) is 0 Å². The lowest BCUT2D eigenvalue weighted by molar-refractivity contribution is 0.0524. The molecule has 0 radical (unpaired) electrons. The molecule has 1 aromatic carbocycles. The first-order chi connectivity index (χ1) is 7.63. The number of halogens is 1. The van der Waals surface area contributed by atoms with Gasteiger partial charge in [-0.2, -0.15) is 5.26 Å². The normalized spacial score (nSPS) is 9.31. The average Bonchev–Trinajstić information content (AvgIpc) is 2.29. The monoisotopic (exact) mass is 237 g/mol. The third kappa shape index (κ3) is 2.38. The fourth-order valence-electron chi connectivity index (χ4n) is 1.16. The lowest BCUT2D eigenvalue weighted by Gasteiger charge is -2.05. The minimum absolute atomic E-state index is 0.0702. The molecule has 0 saturated carbocycles. The van der Waals surface area contributed by atoms with Crippen molar-refractivity contribution in [1.29, 1.82) is 5.26 Å². The number of hydrogen-bond donors (Lipinski definition) is 0. The van der Waals surface area contributed by atoms with Gasteiger partial charge in [0.15, 0.2) is 6.29 Å². The number of carbonyl (C=O) groups is 2. The van der Waals surface area contributed by atoms with E-state index < -0.39 is 5.97 Å². The highest BCUT2D eigenvalue weighted by Gasteiger charge is 2.15. The molecule has 0 aromatic heterocycles. The molecule has 16 heavy (non-hydrogen) atoms. The first kappa shape index (κ1) is 12.2. The molecular formula is C11H8ClNO3. The summed E-state index contributed by atoms with van der Waals surface area (Å²) in [5, 5.41) is 8.83. The van der Waals surface area contributed by atoms with Crippen LogP contribution in [0.25, 0.3) is 0 Å². The summed E-state index contributed by atoms with van der Waals surface area (Å²) in [6.07, 6.45) is 0.490. The van der Waals surface area contributed by atoms with E-state index in [9.17, 15) is 9.59 Å². The zero-order valence-corrected chi connectivity index (χ0v) is 9.25. The van der Waals surface area contributed by atoms with Crippen molar-refractivity contribution in [2.24, 2.45) is 0 Å². The molecule has 0 spiro atoms. The Hall–Kier alpha value is -1.86.